The van der Waals surface area contributed by atoms with E-state index in [4.69, 9.17) is 11.6 Å². The Kier molecular flexibility index (Phi) is 6.59. The van der Waals surface area contributed by atoms with Crippen LogP contribution in [0.3, 0.4) is 0 Å². The number of aryl methyl sites for hydroxylation is 1. The van der Waals surface area contributed by atoms with Gasteiger partial charge in [-0.3, -0.25) is 9.48 Å². The topological polar surface area (TPSA) is 53.4 Å². The molecule has 2 heterocycles. The Morgan fingerprint density at radius 1 is 1.13 bits per heavy atom. The number of benzene rings is 2. The number of hydrogen-bond donors (Lipinski definition) is 1. The first-order valence-electron chi connectivity index (χ1n) is 10.7. The summed E-state index contributed by atoms with van der Waals surface area (Å²) in [7, 11) is 0. The number of carbonyl (C=O) groups excluding carboxylic acids is 1. The molecular weight excluding hydrogens is 410 g/mol. The maximum absolute atomic E-state index is 12.7. The van der Waals surface area contributed by atoms with Crippen molar-refractivity contribution < 1.29 is 4.79 Å². The Bertz CT molecular complexity index is 1060. The fourth-order valence-corrected chi connectivity index (χ4v) is 4.07. The maximum Gasteiger partial charge on any atom is 0.258 e. The highest BCUT2D eigenvalue weighted by Gasteiger charge is 2.17. The number of likely N-dealkylation sites (N-methyl/N-ethyl adjacent to an activating group) is 1. The van der Waals surface area contributed by atoms with Gasteiger partial charge in [0.1, 0.15) is 0 Å². The van der Waals surface area contributed by atoms with Crippen molar-refractivity contribution in [2.75, 3.05) is 42.9 Å². The predicted octanol–water partition coefficient (Wildman–Crippen LogP) is 4.29. The molecule has 1 saturated heterocycles. The van der Waals surface area contributed by atoms with E-state index in [0.29, 0.717) is 17.1 Å². The van der Waals surface area contributed by atoms with Crippen LogP contribution in [-0.2, 0) is 6.54 Å². The second-order valence-corrected chi connectivity index (χ2v) is 8.30. The smallest absolute Gasteiger partial charge is 0.258 e. The van der Waals surface area contributed by atoms with Gasteiger partial charge in [0.05, 0.1) is 18.3 Å². The van der Waals surface area contributed by atoms with Gasteiger partial charge in [0, 0.05) is 48.8 Å². The molecule has 3 aromatic rings. The maximum atomic E-state index is 12.7. The normalized spacial score (nSPS) is 14.6. The lowest BCUT2D eigenvalue weighted by atomic mass is 10.1. The van der Waals surface area contributed by atoms with Crippen molar-refractivity contribution >= 4 is 28.9 Å². The second kappa shape index (κ2) is 9.54. The lowest BCUT2D eigenvalue weighted by Gasteiger charge is -2.35. The Hall–Kier alpha value is -2.83. The number of piperazine rings is 1. The number of aromatic nitrogens is 2. The van der Waals surface area contributed by atoms with Crippen LogP contribution < -0.4 is 10.2 Å². The molecule has 0 bridgehead atoms. The van der Waals surface area contributed by atoms with Gasteiger partial charge in [-0.05, 0) is 48.9 Å². The van der Waals surface area contributed by atoms with E-state index in [-0.39, 0.29) is 5.91 Å². The fraction of sp³-hybridized carbons (Fsp3) is 0.333. The zero-order valence-corrected chi connectivity index (χ0v) is 18.8. The number of nitrogens with one attached hydrogen (secondary N) is 1. The molecule has 4 rings (SSSR count). The summed E-state index contributed by atoms with van der Waals surface area (Å²) in [5, 5.41) is 8.02. The summed E-state index contributed by atoms with van der Waals surface area (Å²) in [4.78, 5) is 17.6. The van der Waals surface area contributed by atoms with E-state index >= 15 is 0 Å². The summed E-state index contributed by atoms with van der Waals surface area (Å²) in [6.07, 6.45) is 3.33. The van der Waals surface area contributed by atoms with E-state index in [1.807, 2.05) is 37.3 Å². The van der Waals surface area contributed by atoms with Crippen molar-refractivity contribution in [1.82, 2.24) is 14.7 Å². The highest BCUT2D eigenvalue weighted by molar-refractivity contribution is 6.31. The molecule has 0 unspecified atom stereocenters. The third-order valence-electron chi connectivity index (χ3n) is 5.83. The SMILES string of the molecule is CCN1CCN(c2ccc(NC(=O)c3cnn(Cc4ccccc4Cl)c3)c(C)c2)CC1. The molecule has 1 N–H and O–H groups in total. The monoisotopic (exact) mass is 437 g/mol. The first-order chi connectivity index (χ1) is 15.0. The Morgan fingerprint density at radius 2 is 1.90 bits per heavy atom. The summed E-state index contributed by atoms with van der Waals surface area (Å²) in [6.45, 7) is 10.1. The van der Waals surface area contributed by atoms with Crippen LogP contribution in [0.1, 0.15) is 28.4 Å². The van der Waals surface area contributed by atoms with Crippen LogP contribution in [0, 0.1) is 6.92 Å². The van der Waals surface area contributed by atoms with Gasteiger partial charge in [-0.25, -0.2) is 0 Å². The van der Waals surface area contributed by atoms with Crippen molar-refractivity contribution in [2.24, 2.45) is 0 Å². The predicted molar refractivity (Wildman–Crippen MR) is 126 cm³/mol. The summed E-state index contributed by atoms with van der Waals surface area (Å²) < 4.78 is 1.72. The van der Waals surface area contributed by atoms with Gasteiger partial charge >= 0.3 is 0 Å². The Morgan fingerprint density at radius 3 is 2.61 bits per heavy atom. The number of amides is 1. The minimum absolute atomic E-state index is 0.169. The van der Waals surface area contributed by atoms with Gasteiger partial charge in [0.2, 0.25) is 0 Å². The van der Waals surface area contributed by atoms with Gasteiger partial charge in [-0.1, -0.05) is 36.7 Å². The van der Waals surface area contributed by atoms with E-state index in [0.717, 1.165) is 49.5 Å². The molecule has 1 aromatic heterocycles. The van der Waals surface area contributed by atoms with Crippen molar-refractivity contribution in [3.05, 3.63) is 76.6 Å². The molecular formula is C24H28ClN5O. The molecule has 31 heavy (non-hydrogen) atoms. The van der Waals surface area contributed by atoms with Gasteiger partial charge in [0.25, 0.3) is 5.91 Å². The van der Waals surface area contributed by atoms with E-state index in [9.17, 15) is 4.79 Å². The number of nitrogens with zero attached hydrogens (tertiary/aromatic N) is 4. The van der Waals surface area contributed by atoms with E-state index in [1.54, 1.807) is 17.1 Å². The summed E-state index contributed by atoms with van der Waals surface area (Å²) in [5.74, 6) is -0.169. The lowest BCUT2D eigenvalue weighted by molar-refractivity contribution is 0.102. The van der Waals surface area contributed by atoms with Crippen molar-refractivity contribution in [2.45, 2.75) is 20.4 Å². The highest BCUT2D eigenvalue weighted by Crippen LogP contribution is 2.24. The van der Waals surface area contributed by atoms with E-state index in [1.165, 1.54) is 5.69 Å². The molecule has 0 radical (unpaired) electrons. The zero-order chi connectivity index (χ0) is 21.8. The van der Waals surface area contributed by atoms with Crippen molar-refractivity contribution in [3.63, 3.8) is 0 Å². The highest BCUT2D eigenvalue weighted by atomic mass is 35.5. The molecule has 0 aliphatic carbocycles. The molecule has 1 aliphatic rings. The third-order valence-corrected chi connectivity index (χ3v) is 6.20. The molecule has 2 aromatic carbocycles. The molecule has 1 amide bonds. The average molecular weight is 438 g/mol. The molecule has 162 valence electrons. The molecule has 0 saturated carbocycles. The standard InChI is InChI=1S/C24H28ClN5O/c1-3-28-10-12-29(13-11-28)21-8-9-23(18(2)14-21)27-24(31)20-15-26-30(17-20)16-19-6-4-5-7-22(19)25/h4-9,14-15,17H,3,10-13,16H2,1-2H3,(H,27,31). The number of rotatable bonds is 6. The molecule has 1 aliphatic heterocycles. The van der Waals surface area contributed by atoms with Crippen LogP contribution in [-0.4, -0.2) is 53.3 Å². The Balaban J connectivity index is 1.40. The van der Waals surface area contributed by atoms with Crippen LogP contribution in [0.2, 0.25) is 5.02 Å². The molecule has 6 nitrogen and oxygen atoms in total. The first kappa shape index (κ1) is 21.4. The van der Waals surface area contributed by atoms with Gasteiger partial charge in [-0.15, -0.1) is 0 Å². The lowest BCUT2D eigenvalue weighted by Crippen LogP contribution is -2.46. The van der Waals surface area contributed by atoms with Crippen LogP contribution in [0.15, 0.2) is 54.9 Å². The number of hydrogen-bond acceptors (Lipinski definition) is 4. The first-order valence-corrected chi connectivity index (χ1v) is 11.1. The van der Waals surface area contributed by atoms with Gasteiger partial charge < -0.3 is 15.1 Å². The van der Waals surface area contributed by atoms with Crippen LogP contribution in [0.5, 0.6) is 0 Å². The van der Waals surface area contributed by atoms with E-state index < -0.39 is 0 Å². The van der Waals surface area contributed by atoms with Crippen molar-refractivity contribution in [1.29, 1.82) is 0 Å². The Labute approximate surface area is 188 Å². The summed E-state index contributed by atoms with van der Waals surface area (Å²) in [5.41, 5.74) is 4.56. The fourth-order valence-electron chi connectivity index (χ4n) is 3.87. The zero-order valence-electron chi connectivity index (χ0n) is 18.0. The van der Waals surface area contributed by atoms with Crippen LogP contribution in [0.25, 0.3) is 0 Å². The third kappa shape index (κ3) is 5.09. The van der Waals surface area contributed by atoms with Gasteiger partial charge in [0.15, 0.2) is 0 Å². The number of halogens is 1. The second-order valence-electron chi connectivity index (χ2n) is 7.89. The molecule has 7 heteroatoms. The van der Waals surface area contributed by atoms with Gasteiger partial charge in [-0.2, -0.15) is 5.10 Å². The number of carbonyl (C=O) groups is 1. The minimum Gasteiger partial charge on any atom is -0.369 e. The summed E-state index contributed by atoms with van der Waals surface area (Å²) >= 11 is 6.23. The quantitative estimate of drug-likeness (QED) is 0.625. The largest absolute Gasteiger partial charge is 0.369 e. The number of anilines is 2. The molecule has 1 fully saturated rings. The molecule has 0 spiro atoms. The minimum atomic E-state index is -0.169. The summed E-state index contributed by atoms with van der Waals surface area (Å²) in [6, 6.07) is 13.9. The average Bonchev–Trinajstić information content (AvgIpc) is 3.25. The van der Waals surface area contributed by atoms with E-state index in [2.05, 4.69) is 39.3 Å². The van der Waals surface area contributed by atoms with Crippen LogP contribution >= 0.6 is 11.6 Å². The van der Waals surface area contributed by atoms with Crippen LogP contribution in [0.4, 0.5) is 11.4 Å². The van der Waals surface area contributed by atoms with Crippen molar-refractivity contribution in [3.8, 4) is 0 Å². The molecule has 0 atom stereocenters.